The van der Waals surface area contributed by atoms with Crippen molar-refractivity contribution in [1.82, 2.24) is 14.7 Å². The first-order valence-electron chi connectivity index (χ1n) is 10.6. The van der Waals surface area contributed by atoms with Crippen molar-refractivity contribution in [2.75, 3.05) is 59.7 Å². The molecule has 1 aromatic rings. The second kappa shape index (κ2) is 8.29. The summed E-state index contributed by atoms with van der Waals surface area (Å²) >= 11 is 0. The second-order valence-corrected chi connectivity index (χ2v) is 8.99. The number of piperazine rings is 1. The molecule has 2 fully saturated rings. The summed E-state index contributed by atoms with van der Waals surface area (Å²) in [5.41, 5.74) is 1.38. The third kappa shape index (κ3) is 4.61. The first kappa shape index (κ1) is 19.5. The molecule has 0 aromatic heterocycles. The molecule has 1 aromatic carbocycles. The lowest BCUT2D eigenvalue weighted by molar-refractivity contribution is -0.134. The van der Waals surface area contributed by atoms with Gasteiger partial charge in [-0.15, -0.1) is 0 Å². The number of nitrogens with zero attached hydrogens (tertiary/aromatic N) is 3. The lowest BCUT2D eigenvalue weighted by Crippen LogP contribution is -2.48. The normalized spacial score (nSPS) is 25.9. The SMILES string of the molecule is CN1CCN(CCC(=O)N2CCC[C@](C)(Cc3ccc4c(c3)OCO4)C2)CC1. The van der Waals surface area contributed by atoms with Gasteiger partial charge in [0.15, 0.2) is 11.5 Å². The fraction of sp³-hybridized carbons (Fsp3) is 0.682. The number of rotatable bonds is 5. The van der Waals surface area contributed by atoms with Crippen LogP contribution in [-0.2, 0) is 11.2 Å². The number of amides is 1. The molecule has 3 heterocycles. The average molecular weight is 388 g/mol. The maximum absolute atomic E-state index is 12.9. The van der Waals surface area contributed by atoms with Crippen molar-refractivity contribution in [2.24, 2.45) is 5.41 Å². The molecule has 1 amide bonds. The molecule has 3 aliphatic rings. The predicted octanol–water partition coefficient (Wildman–Crippen LogP) is 2.22. The van der Waals surface area contributed by atoms with Crippen LogP contribution in [0, 0.1) is 5.41 Å². The largest absolute Gasteiger partial charge is 0.454 e. The molecule has 28 heavy (non-hydrogen) atoms. The van der Waals surface area contributed by atoms with Gasteiger partial charge >= 0.3 is 0 Å². The van der Waals surface area contributed by atoms with Crippen LogP contribution >= 0.6 is 0 Å². The van der Waals surface area contributed by atoms with Crippen LogP contribution in [-0.4, -0.2) is 80.3 Å². The molecule has 154 valence electrons. The molecule has 3 aliphatic heterocycles. The van der Waals surface area contributed by atoms with E-state index >= 15 is 0 Å². The van der Waals surface area contributed by atoms with E-state index in [9.17, 15) is 4.79 Å². The summed E-state index contributed by atoms with van der Waals surface area (Å²) < 4.78 is 10.9. The van der Waals surface area contributed by atoms with Gasteiger partial charge in [0, 0.05) is 52.2 Å². The molecule has 0 radical (unpaired) electrons. The van der Waals surface area contributed by atoms with Gasteiger partial charge in [-0.05, 0) is 49.4 Å². The van der Waals surface area contributed by atoms with E-state index in [2.05, 4.69) is 40.8 Å². The highest BCUT2D eigenvalue weighted by atomic mass is 16.7. The highest BCUT2D eigenvalue weighted by Gasteiger charge is 2.33. The van der Waals surface area contributed by atoms with E-state index in [-0.39, 0.29) is 5.41 Å². The Hall–Kier alpha value is -1.79. The van der Waals surface area contributed by atoms with Crippen LogP contribution < -0.4 is 9.47 Å². The van der Waals surface area contributed by atoms with Crippen LogP contribution in [0.1, 0.15) is 31.7 Å². The molecule has 6 heteroatoms. The number of piperidine rings is 1. The maximum atomic E-state index is 12.9. The topological polar surface area (TPSA) is 45.2 Å². The van der Waals surface area contributed by atoms with Gasteiger partial charge in [0.25, 0.3) is 0 Å². The van der Waals surface area contributed by atoms with Gasteiger partial charge in [-0.3, -0.25) is 4.79 Å². The second-order valence-electron chi connectivity index (χ2n) is 8.99. The van der Waals surface area contributed by atoms with Gasteiger partial charge in [0.2, 0.25) is 12.7 Å². The summed E-state index contributed by atoms with van der Waals surface area (Å²) in [5.74, 6) is 1.99. The third-order valence-electron chi connectivity index (χ3n) is 6.44. The zero-order chi connectivity index (χ0) is 19.6. The number of hydrogen-bond donors (Lipinski definition) is 0. The number of likely N-dealkylation sites (N-methyl/N-ethyl adjacent to an activating group) is 1. The van der Waals surface area contributed by atoms with E-state index in [0.717, 1.165) is 76.6 Å². The van der Waals surface area contributed by atoms with Crippen LogP contribution in [0.15, 0.2) is 18.2 Å². The van der Waals surface area contributed by atoms with Crippen molar-refractivity contribution in [2.45, 2.75) is 32.6 Å². The number of likely N-dealkylation sites (tertiary alicyclic amines) is 1. The minimum Gasteiger partial charge on any atom is -0.454 e. The molecule has 0 aliphatic carbocycles. The molecule has 2 saturated heterocycles. The van der Waals surface area contributed by atoms with Crippen molar-refractivity contribution in [3.63, 3.8) is 0 Å². The first-order valence-corrected chi connectivity index (χ1v) is 10.6. The lowest BCUT2D eigenvalue weighted by Gasteiger charge is -2.41. The number of hydrogen-bond acceptors (Lipinski definition) is 5. The highest BCUT2D eigenvalue weighted by Crippen LogP contribution is 2.37. The van der Waals surface area contributed by atoms with Crippen LogP contribution in [0.5, 0.6) is 11.5 Å². The van der Waals surface area contributed by atoms with Crippen molar-refractivity contribution >= 4 is 5.91 Å². The van der Waals surface area contributed by atoms with Crippen LogP contribution in [0.4, 0.5) is 0 Å². The average Bonchev–Trinajstić information content (AvgIpc) is 3.15. The minimum atomic E-state index is 0.120. The van der Waals surface area contributed by atoms with E-state index in [1.807, 2.05) is 6.07 Å². The quantitative estimate of drug-likeness (QED) is 0.775. The monoisotopic (exact) mass is 387 g/mol. The standard InChI is InChI=1S/C22H33N3O3/c1-22(15-18-4-5-19-20(14-18)28-17-27-19)7-3-8-25(16-22)21(26)6-9-24-12-10-23(2)11-13-24/h4-5,14H,3,6-13,15-17H2,1-2H3/t22-/m1/s1. The van der Waals surface area contributed by atoms with E-state index < -0.39 is 0 Å². The molecule has 4 rings (SSSR count). The molecule has 6 nitrogen and oxygen atoms in total. The Bertz CT molecular complexity index is 702. The molecular formula is C22H33N3O3. The van der Waals surface area contributed by atoms with Gasteiger partial charge in [-0.2, -0.15) is 0 Å². The summed E-state index contributed by atoms with van der Waals surface area (Å²) in [6.45, 7) is 9.63. The summed E-state index contributed by atoms with van der Waals surface area (Å²) in [6.07, 6.45) is 3.85. The Morgan fingerprint density at radius 3 is 2.71 bits per heavy atom. The van der Waals surface area contributed by atoms with E-state index in [4.69, 9.17) is 9.47 Å². The zero-order valence-electron chi connectivity index (χ0n) is 17.3. The number of carbonyl (C=O) groups is 1. The molecule has 0 bridgehead atoms. The Balaban J connectivity index is 1.31. The first-order chi connectivity index (χ1) is 13.5. The Morgan fingerprint density at radius 2 is 1.89 bits per heavy atom. The highest BCUT2D eigenvalue weighted by molar-refractivity contribution is 5.76. The van der Waals surface area contributed by atoms with Gasteiger partial charge in [-0.25, -0.2) is 0 Å². The molecule has 0 spiro atoms. The summed E-state index contributed by atoms with van der Waals surface area (Å²) in [6, 6.07) is 6.23. The Labute approximate surface area is 168 Å². The molecular weight excluding hydrogens is 354 g/mol. The number of benzene rings is 1. The van der Waals surface area contributed by atoms with Gasteiger partial charge in [-0.1, -0.05) is 13.0 Å². The smallest absolute Gasteiger partial charge is 0.231 e. The number of fused-ring (bicyclic) bond motifs is 1. The summed E-state index contributed by atoms with van der Waals surface area (Å²) in [7, 11) is 2.16. The third-order valence-corrected chi connectivity index (χ3v) is 6.44. The number of ether oxygens (including phenoxy) is 2. The van der Waals surface area contributed by atoms with E-state index in [0.29, 0.717) is 19.1 Å². The van der Waals surface area contributed by atoms with E-state index in [1.54, 1.807) is 0 Å². The van der Waals surface area contributed by atoms with Crippen molar-refractivity contribution in [1.29, 1.82) is 0 Å². The lowest BCUT2D eigenvalue weighted by atomic mass is 9.77. The van der Waals surface area contributed by atoms with Gasteiger partial charge in [0.1, 0.15) is 0 Å². The van der Waals surface area contributed by atoms with Crippen LogP contribution in [0.3, 0.4) is 0 Å². The Morgan fingerprint density at radius 1 is 1.11 bits per heavy atom. The van der Waals surface area contributed by atoms with Crippen LogP contribution in [0.2, 0.25) is 0 Å². The summed E-state index contributed by atoms with van der Waals surface area (Å²) in [4.78, 5) is 19.7. The predicted molar refractivity (Wildman–Crippen MR) is 109 cm³/mol. The molecule has 0 N–H and O–H groups in total. The van der Waals surface area contributed by atoms with Crippen molar-refractivity contribution in [3.05, 3.63) is 23.8 Å². The summed E-state index contributed by atoms with van der Waals surface area (Å²) in [5, 5.41) is 0. The fourth-order valence-electron chi connectivity index (χ4n) is 4.70. The molecule has 0 saturated carbocycles. The zero-order valence-corrected chi connectivity index (χ0v) is 17.3. The Kier molecular flexibility index (Phi) is 5.78. The van der Waals surface area contributed by atoms with Gasteiger partial charge < -0.3 is 24.2 Å². The number of carbonyl (C=O) groups excluding carboxylic acids is 1. The molecule has 0 unspecified atom stereocenters. The van der Waals surface area contributed by atoms with Gasteiger partial charge in [0.05, 0.1) is 0 Å². The minimum absolute atomic E-state index is 0.120. The maximum Gasteiger partial charge on any atom is 0.231 e. The van der Waals surface area contributed by atoms with E-state index in [1.165, 1.54) is 5.56 Å². The fourth-order valence-corrected chi connectivity index (χ4v) is 4.70. The van der Waals surface area contributed by atoms with Crippen molar-refractivity contribution in [3.8, 4) is 11.5 Å². The van der Waals surface area contributed by atoms with Crippen LogP contribution in [0.25, 0.3) is 0 Å². The molecule has 1 atom stereocenters. The van der Waals surface area contributed by atoms with Crippen molar-refractivity contribution < 1.29 is 14.3 Å².